The minimum absolute atomic E-state index is 0.938. The Morgan fingerprint density at radius 2 is 1.57 bits per heavy atom. The highest BCUT2D eigenvalue weighted by Crippen LogP contribution is 2.39. The van der Waals surface area contributed by atoms with Crippen molar-refractivity contribution >= 4 is 42.3 Å². The van der Waals surface area contributed by atoms with Gasteiger partial charge in [0, 0.05) is 45.6 Å². The van der Waals surface area contributed by atoms with E-state index in [1.807, 2.05) is 43.0 Å². The third-order valence-corrected chi connectivity index (χ3v) is 5.28. The summed E-state index contributed by atoms with van der Waals surface area (Å²) in [6, 6.07) is 14.5. The van der Waals surface area contributed by atoms with Crippen molar-refractivity contribution in [3.63, 3.8) is 0 Å². The Labute approximate surface area is 136 Å². The second kappa shape index (κ2) is 4.83. The topological polar surface area (TPSA) is 38.7 Å². The van der Waals surface area contributed by atoms with Crippen molar-refractivity contribution in [2.45, 2.75) is 0 Å². The number of thiophene rings is 1. The molecule has 0 fully saturated rings. The number of fused-ring (bicyclic) bond motifs is 4. The van der Waals surface area contributed by atoms with Crippen molar-refractivity contribution < 1.29 is 0 Å². The number of pyridine rings is 3. The molecule has 0 saturated heterocycles. The molecule has 3 nitrogen and oxygen atoms in total. The average Bonchev–Trinajstić information content (AvgIpc) is 3.00. The Balaban J connectivity index is 1.93. The molecule has 1 aromatic carbocycles. The van der Waals surface area contributed by atoms with Crippen LogP contribution in [0.3, 0.4) is 0 Å². The van der Waals surface area contributed by atoms with Crippen molar-refractivity contribution in [2.24, 2.45) is 0 Å². The molecule has 5 aromatic rings. The van der Waals surface area contributed by atoms with Gasteiger partial charge in [-0.2, -0.15) is 0 Å². The Hall–Kier alpha value is -2.85. The largest absolute Gasteiger partial charge is 0.264 e. The van der Waals surface area contributed by atoms with E-state index in [9.17, 15) is 0 Å². The molecular formula is C19H11N3S. The van der Waals surface area contributed by atoms with E-state index in [4.69, 9.17) is 0 Å². The van der Waals surface area contributed by atoms with E-state index < -0.39 is 0 Å². The maximum absolute atomic E-state index is 4.65. The first-order valence-corrected chi connectivity index (χ1v) is 8.19. The number of nitrogens with zero attached hydrogens (tertiary/aromatic N) is 3. The Morgan fingerprint density at radius 1 is 0.696 bits per heavy atom. The third-order valence-electron chi connectivity index (χ3n) is 4.09. The van der Waals surface area contributed by atoms with Crippen LogP contribution >= 0.6 is 11.3 Å². The fourth-order valence-corrected chi connectivity index (χ4v) is 4.18. The number of aromatic nitrogens is 3. The van der Waals surface area contributed by atoms with E-state index in [1.165, 1.54) is 25.6 Å². The van der Waals surface area contributed by atoms with Crippen LogP contribution in [0.15, 0.2) is 67.3 Å². The minimum atomic E-state index is 0.938. The zero-order valence-corrected chi connectivity index (χ0v) is 12.9. The molecule has 0 atom stereocenters. The SMILES string of the molecule is c1ccc2c(-c3nccc4c3sc3ccncc34)nccc2c1. The van der Waals surface area contributed by atoms with E-state index in [-0.39, 0.29) is 0 Å². The highest BCUT2D eigenvalue weighted by atomic mass is 32.1. The van der Waals surface area contributed by atoms with Gasteiger partial charge in [-0.1, -0.05) is 24.3 Å². The third kappa shape index (κ3) is 1.85. The lowest BCUT2D eigenvalue weighted by molar-refractivity contribution is 1.29. The lowest BCUT2D eigenvalue weighted by Crippen LogP contribution is -1.89. The summed E-state index contributed by atoms with van der Waals surface area (Å²) in [4.78, 5) is 13.5. The molecule has 0 aliphatic carbocycles. The molecule has 0 amide bonds. The molecule has 23 heavy (non-hydrogen) atoms. The molecule has 0 spiro atoms. The summed E-state index contributed by atoms with van der Waals surface area (Å²) >= 11 is 1.75. The highest BCUT2D eigenvalue weighted by molar-refractivity contribution is 7.26. The maximum atomic E-state index is 4.65. The lowest BCUT2D eigenvalue weighted by Gasteiger charge is -2.05. The second-order valence-electron chi connectivity index (χ2n) is 5.39. The van der Waals surface area contributed by atoms with Crippen LogP contribution in [0.25, 0.3) is 42.3 Å². The van der Waals surface area contributed by atoms with Gasteiger partial charge in [0.1, 0.15) is 5.69 Å². The van der Waals surface area contributed by atoms with Crippen LogP contribution in [0, 0.1) is 0 Å². The predicted molar refractivity (Wildman–Crippen MR) is 95.7 cm³/mol. The van der Waals surface area contributed by atoms with E-state index in [0.717, 1.165) is 16.8 Å². The second-order valence-corrected chi connectivity index (χ2v) is 6.44. The molecule has 0 radical (unpaired) electrons. The highest BCUT2D eigenvalue weighted by Gasteiger charge is 2.14. The Morgan fingerprint density at radius 3 is 2.57 bits per heavy atom. The number of benzene rings is 1. The van der Waals surface area contributed by atoms with Crippen LogP contribution in [0.4, 0.5) is 0 Å². The van der Waals surface area contributed by atoms with E-state index >= 15 is 0 Å². The van der Waals surface area contributed by atoms with Gasteiger partial charge in [0.2, 0.25) is 0 Å². The van der Waals surface area contributed by atoms with Gasteiger partial charge in [-0.3, -0.25) is 15.0 Å². The van der Waals surface area contributed by atoms with Gasteiger partial charge in [0.25, 0.3) is 0 Å². The molecule has 0 aliphatic rings. The van der Waals surface area contributed by atoms with Gasteiger partial charge in [-0.05, 0) is 23.6 Å². The predicted octanol–water partition coefficient (Wildman–Crippen LogP) is 5.06. The first-order valence-electron chi connectivity index (χ1n) is 7.37. The van der Waals surface area contributed by atoms with Crippen molar-refractivity contribution in [2.75, 3.05) is 0 Å². The van der Waals surface area contributed by atoms with E-state index in [2.05, 4.69) is 39.2 Å². The monoisotopic (exact) mass is 313 g/mol. The normalized spacial score (nSPS) is 11.5. The number of hydrogen-bond acceptors (Lipinski definition) is 4. The summed E-state index contributed by atoms with van der Waals surface area (Å²) in [6.45, 7) is 0. The molecule has 0 aliphatic heterocycles. The zero-order valence-electron chi connectivity index (χ0n) is 12.1. The number of rotatable bonds is 1. The molecule has 4 aromatic heterocycles. The first kappa shape index (κ1) is 12.7. The molecular weight excluding hydrogens is 302 g/mol. The molecule has 5 rings (SSSR count). The van der Waals surface area contributed by atoms with Crippen LogP contribution in [-0.2, 0) is 0 Å². The van der Waals surface area contributed by atoms with Gasteiger partial charge >= 0.3 is 0 Å². The molecule has 4 heterocycles. The van der Waals surface area contributed by atoms with Crippen LogP contribution in [0.2, 0.25) is 0 Å². The van der Waals surface area contributed by atoms with Gasteiger partial charge in [0.15, 0.2) is 0 Å². The maximum Gasteiger partial charge on any atom is 0.107 e. The van der Waals surface area contributed by atoms with Crippen LogP contribution in [-0.4, -0.2) is 15.0 Å². The van der Waals surface area contributed by atoms with Crippen LogP contribution in [0.1, 0.15) is 0 Å². The quantitative estimate of drug-likeness (QED) is 0.434. The molecule has 0 N–H and O–H groups in total. The fraction of sp³-hybridized carbons (Fsp3) is 0. The summed E-state index contributed by atoms with van der Waals surface area (Å²) in [5.74, 6) is 0. The van der Waals surface area contributed by atoms with Crippen molar-refractivity contribution in [3.05, 3.63) is 67.3 Å². The van der Waals surface area contributed by atoms with Gasteiger partial charge in [0.05, 0.1) is 10.4 Å². The molecule has 108 valence electrons. The van der Waals surface area contributed by atoms with Crippen LogP contribution < -0.4 is 0 Å². The minimum Gasteiger partial charge on any atom is -0.264 e. The Bertz CT molecular complexity index is 1170. The summed E-state index contributed by atoms with van der Waals surface area (Å²) in [7, 11) is 0. The van der Waals surface area contributed by atoms with Crippen LogP contribution in [0.5, 0.6) is 0 Å². The molecule has 0 unspecified atom stereocenters. The van der Waals surface area contributed by atoms with Gasteiger partial charge < -0.3 is 0 Å². The van der Waals surface area contributed by atoms with Crippen molar-refractivity contribution in [1.82, 2.24) is 15.0 Å². The average molecular weight is 313 g/mol. The Kier molecular flexibility index (Phi) is 2.66. The van der Waals surface area contributed by atoms with E-state index in [1.54, 1.807) is 11.3 Å². The molecule has 4 heteroatoms. The smallest absolute Gasteiger partial charge is 0.107 e. The fourth-order valence-electron chi connectivity index (χ4n) is 3.02. The van der Waals surface area contributed by atoms with Crippen molar-refractivity contribution in [1.29, 1.82) is 0 Å². The first-order chi connectivity index (χ1) is 11.4. The number of hydrogen-bond donors (Lipinski definition) is 0. The standard InChI is InChI=1S/C19H11N3S/c1-2-4-13-12(3-1)5-9-21-17(13)18-19-14(6-10-22-18)15-11-20-8-7-16(15)23-19/h1-11H. The summed E-state index contributed by atoms with van der Waals surface area (Å²) < 4.78 is 2.39. The summed E-state index contributed by atoms with van der Waals surface area (Å²) in [5, 5.41) is 4.68. The lowest BCUT2D eigenvalue weighted by atomic mass is 10.1. The van der Waals surface area contributed by atoms with Gasteiger partial charge in [-0.25, -0.2) is 0 Å². The van der Waals surface area contributed by atoms with Crippen molar-refractivity contribution in [3.8, 4) is 11.4 Å². The molecule has 0 bridgehead atoms. The summed E-state index contributed by atoms with van der Waals surface area (Å²) in [5.41, 5.74) is 1.88. The van der Waals surface area contributed by atoms with E-state index in [0.29, 0.717) is 0 Å². The molecule has 0 saturated carbocycles. The van der Waals surface area contributed by atoms with Gasteiger partial charge in [-0.15, -0.1) is 11.3 Å². The zero-order chi connectivity index (χ0) is 15.2. The summed E-state index contributed by atoms with van der Waals surface area (Å²) in [6.07, 6.45) is 7.47.